The lowest BCUT2D eigenvalue weighted by Crippen LogP contribution is -2.39. The fourth-order valence-electron chi connectivity index (χ4n) is 2.12. The number of nitrogens with one attached hydrogen (secondary N) is 1. The maximum absolute atomic E-state index is 12.2. The number of nitrogens with zero attached hydrogens (tertiary/aromatic N) is 2. The Hall–Kier alpha value is -1.66. The molecule has 1 saturated heterocycles. The van der Waals surface area contributed by atoms with Crippen molar-refractivity contribution < 1.29 is 9.53 Å². The van der Waals surface area contributed by atoms with Crippen LogP contribution in [-0.4, -0.2) is 43.7 Å². The van der Waals surface area contributed by atoms with Crippen LogP contribution in [0.3, 0.4) is 0 Å². The Morgan fingerprint density at radius 3 is 2.71 bits per heavy atom. The number of amides is 1. The van der Waals surface area contributed by atoms with E-state index in [1.165, 1.54) is 0 Å². The van der Waals surface area contributed by atoms with Gasteiger partial charge in [0.15, 0.2) is 0 Å². The standard InChI is InChI=1S/C15H24N4O2/c1-3-15(2,11-16)14(20)18-12-4-5-13(17-10-12)19-6-8-21-9-7-19/h4-5,10H,3,6-9,11,16H2,1-2H3,(H,18,20). The molecule has 1 aliphatic heterocycles. The molecule has 0 aromatic carbocycles. The van der Waals surface area contributed by atoms with E-state index in [2.05, 4.69) is 15.2 Å². The Labute approximate surface area is 125 Å². The Bertz CT molecular complexity index is 465. The molecular weight excluding hydrogens is 268 g/mol. The van der Waals surface area contributed by atoms with Crippen molar-refractivity contribution in [2.75, 3.05) is 43.1 Å². The van der Waals surface area contributed by atoms with Gasteiger partial charge >= 0.3 is 0 Å². The molecule has 21 heavy (non-hydrogen) atoms. The quantitative estimate of drug-likeness (QED) is 0.853. The van der Waals surface area contributed by atoms with Gasteiger partial charge in [0.25, 0.3) is 0 Å². The van der Waals surface area contributed by atoms with Crippen molar-refractivity contribution >= 4 is 17.4 Å². The van der Waals surface area contributed by atoms with Gasteiger partial charge in [-0.1, -0.05) is 6.92 Å². The van der Waals surface area contributed by atoms with Crippen molar-refractivity contribution in [2.45, 2.75) is 20.3 Å². The summed E-state index contributed by atoms with van der Waals surface area (Å²) in [6.07, 6.45) is 2.39. The van der Waals surface area contributed by atoms with Crippen molar-refractivity contribution in [3.8, 4) is 0 Å². The minimum absolute atomic E-state index is 0.0616. The average molecular weight is 292 g/mol. The Kier molecular flexibility index (Phi) is 5.14. The van der Waals surface area contributed by atoms with E-state index in [-0.39, 0.29) is 5.91 Å². The van der Waals surface area contributed by atoms with Crippen LogP contribution in [0.15, 0.2) is 18.3 Å². The van der Waals surface area contributed by atoms with Gasteiger partial charge in [0.1, 0.15) is 5.82 Å². The van der Waals surface area contributed by atoms with Crippen molar-refractivity contribution in [2.24, 2.45) is 11.1 Å². The maximum atomic E-state index is 12.2. The van der Waals surface area contributed by atoms with E-state index in [4.69, 9.17) is 10.5 Å². The zero-order chi connectivity index (χ0) is 15.3. The zero-order valence-corrected chi connectivity index (χ0v) is 12.8. The number of anilines is 2. The summed E-state index contributed by atoms with van der Waals surface area (Å²) in [5.74, 6) is 0.849. The molecular formula is C15H24N4O2. The van der Waals surface area contributed by atoms with Gasteiger partial charge in [-0.2, -0.15) is 0 Å². The molecule has 1 atom stereocenters. The van der Waals surface area contributed by atoms with Crippen LogP contribution in [0, 0.1) is 5.41 Å². The number of hydrogen-bond acceptors (Lipinski definition) is 5. The van der Waals surface area contributed by atoms with Gasteiger partial charge in [0, 0.05) is 19.6 Å². The third-order valence-electron chi connectivity index (χ3n) is 4.12. The first kappa shape index (κ1) is 15.7. The molecule has 0 saturated carbocycles. The highest BCUT2D eigenvalue weighted by atomic mass is 16.5. The summed E-state index contributed by atoms with van der Waals surface area (Å²) in [5.41, 5.74) is 5.86. The molecule has 1 amide bonds. The van der Waals surface area contributed by atoms with E-state index < -0.39 is 5.41 Å². The fraction of sp³-hybridized carbons (Fsp3) is 0.600. The number of carbonyl (C=O) groups is 1. The second-order valence-corrected chi connectivity index (χ2v) is 5.58. The van der Waals surface area contributed by atoms with Crippen LogP contribution in [-0.2, 0) is 9.53 Å². The first-order chi connectivity index (χ1) is 10.1. The summed E-state index contributed by atoms with van der Waals surface area (Å²) in [6.45, 7) is 7.31. The van der Waals surface area contributed by atoms with Gasteiger partial charge in [-0.05, 0) is 25.5 Å². The summed E-state index contributed by atoms with van der Waals surface area (Å²) in [4.78, 5) is 18.8. The predicted molar refractivity (Wildman–Crippen MR) is 83.4 cm³/mol. The molecule has 2 heterocycles. The number of carbonyl (C=O) groups excluding carboxylic acids is 1. The highest BCUT2D eigenvalue weighted by Crippen LogP contribution is 2.22. The minimum Gasteiger partial charge on any atom is -0.378 e. The van der Waals surface area contributed by atoms with Gasteiger partial charge in [0.05, 0.1) is 30.5 Å². The maximum Gasteiger partial charge on any atom is 0.231 e. The molecule has 3 N–H and O–H groups in total. The SMILES string of the molecule is CCC(C)(CN)C(=O)Nc1ccc(N2CCOCC2)nc1. The Morgan fingerprint density at radius 2 is 2.19 bits per heavy atom. The monoisotopic (exact) mass is 292 g/mol. The number of morpholine rings is 1. The molecule has 0 bridgehead atoms. The summed E-state index contributed by atoms with van der Waals surface area (Å²) >= 11 is 0. The lowest BCUT2D eigenvalue weighted by atomic mass is 9.86. The molecule has 2 rings (SSSR count). The third-order valence-corrected chi connectivity index (χ3v) is 4.12. The minimum atomic E-state index is -0.539. The number of ether oxygens (including phenoxy) is 1. The molecule has 1 unspecified atom stereocenters. The van der Waals surface area contributed by atoms with Crippen LogP contribution in [0.1, 0.15) is 20.3 Å². The van der Waals surface area contributed by atoms with Crippen molar-refractivity contribution in [1.29, 1.82) is 0 Å². The number of hydrogen-bond donors (Lipinski definition) is 2. The molecule has 0 radical (unpaired) electrons. The Balaban J connectivity index is 2.00. The molecule has 1 aromatic rings. The van der Waals surface area contributed by atoms with Crippen LogP contribution < -0.4 is 16.0 Å². The van der Waals surface area contributed by atoms with E-state index >= 15 is 0 Å². The lowest BCUT2D eigenvalue weighted by molar-refractivity contribution is -0.124. The van der Waals surface area contributed by atoms with Gasteiger partial charge in [-0.25, -0.2) is 4.98 Å². The predicted octanol–water partition coefficient (Wildman–Crippen LogP) is 1.23. The van der Waals surface area contributed by atoms with Crippen LogP contribution in [0.5, 0.6) is 0 Å². The number of aromatic nitrogens is 1. The zero-order valence-electron chi connectivity index (χ0n) is 12.8. The lowest BCUT2D eigenvalue weighted by Gasteiger charge is -2.28. The molecule has 0 aliphatic carbocycles. The van der Waals surface area contributed by atoms with Gasteiger partial charge in [0.2, 0.25) is 5.91 Å². The first-order valence-corrected chi connectivity index (χ1v) is 7.39. The summed E-state index contributed by atoms with van der Waals surface area (Å²) in [5, 5.41) is 2.89. The molecule has 6 heteroatoms. The van der Waals surface area contributed by atoms with Gasteiger partial charge in [-0.3, -0.25) is 4.79 Å². The van der Waals surface area contributed by atoms with E-state index in [1.54, 1.807) is 6.20 Å². The number of nitrogens with two attached hydrogens (primary N) is 1. The van der Waals surface area contributed by atoms with Gasteiger partial charge < -0.3 is 20.7 Å². The molecule has 1 aromatic heterocycles. The van der Waals surface area contributed by atoms with E-state index in [9.17, 15) is 4.79 Å². The van der Waals surface area contributed by atoms with Gasteiger partial charge in [-0.15, -0.1) is 0 Å². The van der Waals surface area contributed by atoms with E-state index in [0.717, 1.165) is 32.1 Å². The average Bonchev–Trinajstić information content (AvgIpc) is 2.55. The summed E-state index contributed by atoms with van der Waals surface area (Å²) in [6, 6.07) is 3.80. The van der Waals surface area contributed by atoms with Crippen LogP contribution in [0.2, 0.25) is 0 Å². The second kappa shape index (κ2) is 6.87. The summed E-state index contributed by atoms with van der Waals surface area (Å²) < 4.78 is 5.32. The van der Waals surface area contributed by atoms with Crippen molar-refractivity contribution in [3.63, 3.8) is 0 Å². The van der Waals surface area contributed by atoms with E-state index in [0.29, 0.717) is 18.7 Å². The first-order valence-electron chi connectivity index (χ1n) is 7.39. The Morgan fingerprint density at radius 1 is 1.48 bits per heavy atom. The van der Waals surface area contributed by atoms with Crippen molar-refractivity contribution in [1.82, 2.24) is 4.98 Å². The molecule has 1 fully saturated rings. The second-order valence-electron chi connectivity index (χ2n) is 5.58. The molecule has 6 nitrogen and oxygen atoms in total. The van der Waals surface area contributed by atoms with E-state index in [1.807, 2.05) is 26.0 Å². The third kappa shape index (κ3) is 3.71. The smallest absolute Gasteiger partial charge is 0.231 e. The topological polar surface area (TPSA) is 80.5 Å². The number of pyridine rings is 1. The summed E-state index contributed by atoms with van der Waals surface area (Å²) in [7, 11) is 0. The fourth-order valence-corrected chi connectivity index (χ4v) is 2.12. The number of rotatable bonds is 5. The molecule has 1 aliphatic rings. The highest BCUT2D eigenvalue weighted by Gasteiger charge is 2.29. The largest absolute Gasteiger partial charge is 0.378 e. The highest BCUT2D eigenvalue weighted by molar-refractivity contribution is 5.95. The van der Waals surface area contributed by atoms with Crippen LogP contribution in [0.4, 0.5) is 11.5 Å². The van der Waals surface area contributed by atoms with Crippen LogP contribution in [0.25, 0.3) is 0 Å². The molecule has 116 valence electrons. The van der Waals surface area contributed by atoms with Crippen LogP contribution >= 0.6 is 0 Å². The van der Waals surface area contributed by atoms with Crippen molar-refractivity contribution in [3.05, 3.63) is 18.3 Å². The molecule has 0 spiro atoms. The normalized spacial score (nSPS) is 18.1.